The summed E-state index contributed by atoms with van der Waals surface area (Å²) in [4.78, 5) is 10.1. The van der Waals surface area contributed by atoms with E-state index < -0.39 is 4.92 Å². The van der Waals surface area contributed by atoms with Crippen LogP contribution in [0.5, 0.6) is 0 Å². The highest BCUT2D eigenvalue weighted by molar-refractivity contribution is 5.81. The topological polar surface area (TPSA) is 124 Å². The molecule has 9 heteroatoms. The van der Waals surface area contributed by atoms with Crippen LogP contribution in [0.2, 0.25) is 0 Å². The summed E-state index contributed by atoms with van der Waals surface area (Å²) in [5.74, 6) is 5.71. The predicted octanol–water partition coefficient (Wildman–Crippen LogP) is 0.346. The van der Waals surface area contributed by atoms with E-state index in [1.54, 1.807) is 12.1 Å². The largest absolute Gasteiger partial charge is 0.335 e. The number of nitrogens with zero attached hydrogens (tertiary/aromatic N) is 5. The molecule has 2 aromatic rings. The fraction of sp³-hybridized carbons (Fsp3) is 0. The third kappa shape index (κ3) is 2.58. The second-order valence-electron chi connectivity index (χ2n) is 3.28. The van der Waals surface area contributed by atoms with Gasteiger partial charge in [0.1, 0.15) is 6.33 Å². The SMILES string of the molecule is Nn1cnnc1N/N=C/c1cccc([N+](=O)[O-])c1. The van der Waals surface area contributed by atoms with Crippen molar-refractivity contribution in [2.75, 3.05) is 11.3 Å². The van der Waals surface area contributed by atoms with Crippen LogP contribution in [0, 0.1) is 10.1 Å². The number of nitrogens with one attached hydrogen (secondary N) is 1. The molecular weight excluding hydrogens is 238 g/mol. The molecule has 1 heterocycles. The standard InChI is InChI=1S/C9H9N7O2/c10-15-6-12-14-9(15)13-11-5-7-2-1-3-8(4-7)16(17)18/h1-6H,10H2,(H,13,14)/b11-5+. The van der Waals surface area contributed by atoms with E-state index >= 15 is 0 Å². The average molecular weight is 247 g/mol. The summed E-state index contributed by atoms with van der Waals surface area (Å²) in [5, 5.41) is 21.6. The van der Waals surface area contributed by atoms with Gasteiger partial charge in [0.2, 0.25) is 0 Å². The van der Waals surface area contributed by atoms with Crippen LogP contribution >= 0.6 is 0 Å². The van der Waals surface area contributed by atoms with Crippen molar-refractivity contribution in [2.24, 2.45) is 5.10 Å². The van der Waals surface area contributed by atoms with Gasteiger partial charge in [-0.05, 0) is 0 Å². The molecule has 0 saturated carbocycles. The zero-order valence-electron chi connectivity index (χ0n) is 9.09. The van der Waals surface area contributed by atoms with E-state index in [-0.39, 0.29) is 11.6 Å². The van der Waals surface area contributed by atoms with E-state index in [0.717, 1.165) is 4.68 Å². The third-order valence-electron chi connectivity index (χ3n) is 2.03. The smallest absolute Gasteiger partial charge is 0.270 e. The van der Waals surface area contributed by atoms with Gasteiger partial charge in [0, 0.05) is 17.7 Å². The number of hydrogen-bond acceptors (Lipinski definition) is 7. The maximum Gasteiger partial charge on any atom is 0.270 e. The second kappa shape index (κ2) is 4.91. The van der Waals surface area contributed by atoms with Crippen LogP contribution in [0.1, 0.15) is 5.56 Å². The summed E-state index contributed by atoms with van der Waals surface area (Å²) in [5.41, 5.74) is 3.14. The lowest BCUT2D eigenvalue weighted by Gasteiger charge is -1.97. The first-order valence-corrected chi connectivity index (χ1v) is 4.85. The van der Waals surface area contributed by atoms with Crippen molar-refractivity contribution in [1.82, 2.24) is 14.9 Å². The van der Waals surface area contributed by atoms with Crippen molar-refractivity contribution >= 4 is 17.9 Å². The van der Waals surface area contributed by atoms with Crippen molar-refractivity contribution in [3.05, 3.63) is 46.3 Å². The normalized spacial score (nSPS) is 10.7. The van der Waals surface area contributed by atoms with Crippen molar-refractivity contribution < 1.29 is 4.92 Å². The molecule has 1 aromatic heterocycles. The molecule has 1 aromatic carbocycles. The molecule has 0 unspecified atom stereocenters. The van der Waals surface area contributed by atoms with Crippen molar-refractivity contribution in [2.45, 2.75) is 0 Å². The summed E-state index contributed by atoms with van der Waals surface area (Å²) < 4.78 is 1.16. The zero-order chi connectivity index (χ0) is 13.0. The molecule has 0 aliphatic heterocycles. The van der Waals surface area contributed by atoms with E-state index in [1.807, 2.05) is 0 Å². The van der Waals surface area contributed by atoms with E-state index in [9.17, 15) is 10.1 Å². The molecule has 0 bridgehead atoms. The number of hydrazone groups is 1. The molecule has 0 aliphatic carbocycles. The average Bonchev–Trinajstić information content (AvgIpc) is 2.76. The Morgan fingerprint density at radius 1 is 1.56 bits per heavy atom. The first kappa shape index (κ1) is 11.5. The minimum absolute atomic E-state index is 0.000872. The maximum atomic E-state index is 10.6. The van der Waals surface area contributed by atoms with Crippen molar-refractivity contribution in [3.8, 4) is 0 Å². The van der Waals surface area contributed by atoms with Gasteiger partial charge in [-0.2, -0.15) is 5.10 Å². The predicted molar refractivity (Wildman–Crippen MR) is 64.5 cm³/mol. The quantitative estimate of drug-likeness (QED) is 0.347. The molecular formula is C9H9N7O2. The molecule has 2 rings (SSSR count). The number of aromatic nitrogens is 3. The summed E-state index contributed by atoms with van der Waals surface area (Å²) in [6.07, 6.45) is 2.73. The number of nitro benzene ring substituents is 1. The van der Waals surface area contributed by atoms with Gasteiger partial charge >= 0.3 is 0 Å². The summed E-state index contributed by atoms with van der Waals surface area (Å²) in [6, 6.07) is 6.07. The Bertz CT molecular complexity index is 592. The molecule has 9 nitrogen and oxygen atoms in total. The Kier molecular flexibility index (Phi) is 3.14. The minimum Gasteiger partial charge on any atom is -0.335 e. The summed E-state index contributed by atoms with van der Waals surface area (Å²) in [7, 11) is 0. The first-order valence-electron chi connectivity index (χ1n) is 4.85. The second-order valence-corrected chi connectivity index (χ2v) is 3.28. The van der Waals surface area contributed by atoms with Gasteiger partial charge in [-0.1, -0.05) is 12.1 Å². The lowest BCUT2D eigenvalue weighted by atomic mass is 10.2. The Balaban J connectivity index is 2.07. The number of nitrogens with two attached hydrogens (primary N) is 1. The van der Waals surface area contributed by atoms with Gasteiger partial charge in [-0.25, -0.2) is 10.1 Å². The molecule has 3 N–H and O–H groups in total. The molecule has 0 aliphatic rings. The molecule has 0 spiro atoms. The van der Waals surface area contributed by atoms with Crippen LogP contribution < -0.4 is 11.3 Å². The van der Waals surface area contributed by atoms with Gasteiger partial charge in [-0.15, -0.1) is 10.2 Å². The summed E-state index contributed by atoms with van der Waals surface area (Å²) in [6.45, 7) is 0. The molecule has 0 amide bonds. The van der Waals surface area contributed by atoms with Crippen molar-refractivity contribution in [1.29, 1.82) is 0 Å². The zero-order valence-corrected chi connectivity index (χ0v) is 9.09. The Morgan fingerprint density at radius 3 is 3.06 bits per heavy atom. The van der Waals surface area contributed by atoms with E-state index in [1.165, 1.54) is 24.7 Å². The van der Waals surface area contributed by atoms with Crippen molar-refractivity contribution in [3.63, 3.8) is 0 Å². The van der Waals surface area contributed by atoms with E-state index in [0.29, 0.717) is 5.56 Å². The van der Waals surface area contributed by atoms with Crippen LogP contribution in [0.25, 0.3) is 0 Å². The van der Waals surface area contributed by atoms with Crippen LogP contribution in [-0.4, -0.2) is 26.0 Å². The lowest BCUT2D eigenvalue weighted by Crippen LogP contribution is -2.10. The van der Waals surface area contributed by atoms with Gasteiger partial charge in [0.15, 0.2) is 0 Å². The van der Waals surface area contributed by atoms with Gasteiger partial charge < -0.3 is 5.84 Å². The minimum atomic E-state index is -0.471. The molecule has 92 valence electrons. The number of non-ortho nitro benzene ring substituents is 1. The van der Waals surface area contributed by atoms with Crippen LogP contribution in [-0.2, 0) is 0 Å². The molecule has 0 fully saturated rings. The van der Waals surface area contributed by atoms with Crippen LogP contribution in [0.3, 0.4) is 0 Å². The van der Waals surface area contributed by atoms with E-state index in [4.69, 9.17) is 5.84 Å². The fourth-order valence-electron chi connectivity index (χ4n) is 1.21. The van der Waals surface area contributed by atoms with Gasteiger partial charge in [0.05, 0.1) is 11.1 Å². The highest BCUT2D eigenvalue weighted by Gasteiger charge is 2.04. The summed E-state index contributed by atoms with van der Waals surface area (Å²) >= 11 is 0. The molecule has 0 saturated heterocycles. The van der Waals surface area contributed by atoms with Crippen LogP contribution in [0.15, 0.2) is 35.7 Å². The first-order chi connectivity index (χ1) is 8.66. The number of rotatable bonds is 4. The lowest BCUT2D eigenvalue weighted by molar-refractivity contribution is -0.384. The third-order valence-corrected chi connectivity index (χ3v) is 2.03. The molecule has 0 radical (unpaired) electrons. The number of benzene rings is 1. The Hall–Kier alpha value is -2.97. The Morgan fingerprint density at radius 2 is 2.39 bits per heavy atom. The van der Waals surface area contributed by atoms with Gasteiger partial charge in [-0.3, -0.25) is 10.1 Å². The van der Waals surface area contributed by atoms with E-state index in [2.05, 4.69) is 20.7 Å². The number of nitro groups is 1. The van der Waals surface area contributed by atoms with Gasteiger partial charge in [0.25, 0.3) is 11.6 Å². The number of anilines is 1. The molecule has 18 heavy (non-hydrogen) atoms. The highest BCUT2D eigenvalue weighted by atomic mass is 16.6. The number of nitrogen functional groups attached to an aromatic ring is 1. The fourth-order valence-corrected chi connectivity index (χ4v) is 1.21. The molecule has 0 atom stereocenters. The number of hydrogen-bond donors (Lipinski definition) is 2. The maximum absolute atomic E-state index is 10.6. The highest BCUT2D eigenvalue weighted by Crippen LogP contribution is 2.11. The Labute approximate surface area is 101 Å². The van der Waals surface area contributed by atoms with Crippen LogP contribution in [0.4, 0.5) is 11.6 Å². The monoisotopic (exact) mass is 247 g/mol.